The monoisotopic (exact) mass is 468 g/mol. The highest BCUT2D eigenvalue weighted by molar-refractivity contribution is 5.86. The molecule has 2 heterocycles. The fourth-order valence-corrected chi connectivity index (χ4v) is 5.03. The summed E-state index contributed by atoms with van der Waals surface area (Å²) in [6.07, 6.45) is 6.62. The number of aromatic amines is 1. The Labute approximate surface area is 203 Å². The normalized spacial score (nSPS) is 21.9. The standard InChI is InChI=1S/C27H40N4O3/c1-27(2,3)26(33)30-19-14-18(15-28-16-19)25(32)31(20-11-12-20)24(10-7-13-34-4)22-17-29-23-9-6-5-8-21(22)23/h5-6,8-9,17-20,24,28-29H,7,10-16H2,1-4H3,(H,30,33)/t18-,19+,24?/m1/s1. The van der Waals surface area contributed by atoms with Crippen molar-refractivity contribution < 1.29 is 14.3 Å². The first-order valence-electron chi connectivity index (χ1n) is 12.7. The van der Waals surface area contributed by atoms with E-state index < -0.39 is 5.41 Å². The van der Waals surface area contributed by atoms with Gasteiger partial charge in [0.2, 0.25) is 11.8 Å². The van der Waals surface area contributed by atoms with Crippen molar-refractivity contribution in [3.63, 3.8) is 0 Å². The molecule has 7 heteroatoms. The van der Waals surface area contributed by atoms with Gasteiger partial charge in [-0.2, -0.15) is 0 Å². The number of piperidine rings is 1. The molecule has 3 atom stereocenters. The van der Waals surface area contributed by atoms with Gasteiger partial charge in [0.05, 0.1) is 12.0 Å². The van der Waals surface area contributed by atoms with E-state index in [9.17, 15) is 9.59 Å². The molecule has 2 aliphatic rings. The van der Waals surface area contributed by atoms with Crippen LogP contribution in [0.3, 0.4) is 0 Å². The number of hydrogen-bond donors (Lipinski definition) is 3. The molecule has 7 nitrogen and oxygen atoms in total. The van der Waals surface area contributed by atoms with Crippen molar-refractivity contribution in [1.29, 1.82) is 0 Å². The van der Waals surface area contributed by atoms with Crippen molar-refractivity contribution in [2.24, 2.45) is 11.3 Å². The lowest BCUT2D eigenvalue weighted by Crippen LogP contribution is -2.54. The van der Waals surface area contributed by atoms with E-state index in [2.05, 4.69) is 44.9 Å². The number of methoxy groups -OCH3 is 1. The Morgan fingerprint density at radius 2 is 1.97 bits per heavy atom. The second-order valence-corrected chi connectivity index (χ2v) is 10.9. The minimum Gasteiger partial charge on any atom is -0.385 e. The number of rotatable bonds is 9. The molecule has 1 saturated heterocycles. The number of carbonyl (C=O) groups is 2. The van der Waals surface area contributed by atoms with E-state index in [1.165, 1.54) is 10.9 Å². The SMILES string of the molecule is COCCCC(c1c[nH]c2ccccc12)N(C(=O)[C@H]1CNC[C@@H](NC(=O)C(C)(C)C)C1)C1CC1. The molecule has 4 rings (SSSR count). The molecule has 1 unspecified atom stereocenters. The zero-order valence-corrected chi connectivity index (χ0v) is 21.0. The summed E-state index contributed by atoms with van der Waals surface area (Å²) in [5.41, 5.74) is 1.84. The molecule has 2 amide bonds. The molecule has 2 fully saturated rings. The van der Waals surface area contributed by atoms with Crippen molar-refractivity contribution in [3.05, 3.63) is 36.0 Å². The van der Waals surface area contributed by atoms with Crippen molar-refractivity contribution in [2.45, 2.75) is 71.0 Å². The smallest absolute Gasteiger partial charge is 0.227 e. The van der Waals surface area contributed by atoms with Crippen molar-refractivity contribution in [2.75, 3.05) is 26.8 Å². The van der Waals surface area contributed by atoms with E-state index >= 15 is 0 Å². The molecule has 1 aliphatic heterocycles. The first-order chi connectivity index (χ1) is 16.3. The van der Waals surface area contributed by atoms with E-state index in [0.29, 0.717) is 32.2 Å². The molecule has 0 spiro atoms. The van der Waals surface area contributed by atoms with Crippen LogP contribution in [0.25, 0.3) is 10.9 Å². The maximum Gasteiger partial charge on any atom is 0.227 e. The van der Waals surface area contributed by atoms with Gasteiger partial charge in [0, 0.05) is 61.4 Å². The summed E-state index contributed by atoms with van der Waals surface area (Å²) in [7, 11) is 1.73. The quantitative estimate of drug-likeness (QED) is 0.489. The molecule has 3 N–H and O–H groups in total. The number of aromatic nitrogens is 1. The fraction of sp³-hybridized carbons (Fsp3) is 0.630. The average Bonchev–Trinajstić information content (AvgIpc) is 3.56. The molecular formula is C27H40N4O3. The van der Waals surface area contributed by atoms with E-state index in [4.69, 9.17) is 4.74 Å². The number of nitrogens with zero attached hydrogens (tertiary/aromatic N) is 1. The van der Waals surface area contributed by atoms with Gasteiger partial charge < -0.3 is 25.3 Å². The lowest BCUT2D eigenvalue weighted by Gasteiger charge is -2.38. The molecule has 1 aliphatic carbocycles. The van der Waals surface area contributed by atoms with Crippen LogP contribution in [0.5, 0.6) is 0 Å². The van der Waals surface area contributed by atoms with Crippen LogP contribution in [-0.2, 0) is 14.3 Å². The maximum atomic E-state index is 14.0. The van der Waals surface area contributed by atoms with Crippen molar-refractivity contribution in [3.8, 4) is 0 Å². The maximum absolute atomic E-state index is 14.0. The second kappa shape index (κ2) is 10.5. The lowest BCUT2D eigenvalue weighted by atomic mass is 9.90. The largest absolute Gasteiger partial charge is 0.385 e. The van der Waals surface area contributed by atoms with Crippen LogP contribution >= 0.6 is 0 Å². The van der Waals surface area contributed by atoms with Crippen LogP contribution in [0.1, 0.15) is 64.5 Å². The Kier molecular flexibility index (Phi) is 7.63. The van der Waals surface area contributed by atoms with Gasteiger partial charge in [-0.25, -0.2) is 0 Å². The Hall–Kier alpha value is -2.38. The van der Waals surface area contributed by atoms with E-state index in [0.717, 1.165) is 31.2 Å². The van der Waals surface area contributed by atoms with Crippen LogP contribution in [0, 0.1) is 11.3 Å². The third-order valence-electron chi connectivity index (χ3n) is 7.05. The summed E-state index contributed by atoms with van der Waals surface area (Å²) in [6.45, 7) is 7.79. The summed E-state index contributed by atoms with van der Waals surface area (Å²) in [5.74, 6) is 0.0924. The molecule has 186 valence electrons. The highest BCUT2D eigenvalue weighted by atomic mass is 16.5. The predicted molar refractivity (Wildman–Crippen MR) is 134 cm³/mol. The summed E-state index contributed by atoms with van der Waals surface area (Å²) in [6, 6.07) is 8.58. The zero-order valence-electron chi connectivity index (χ0n) is 21.0. The molecular weight excluding hydrogens is 428 g/mol. The minimum atomic E-state index is -0.446. The predicted octanol–water partition coefficient (Wildman–Crippen LogP) is 3.77. The molecule has 0 bridgehead atoms. The van der Waals surface area contributed by atoms with Gasteiger partial charge in [0.15, 0.2) is 0 Å². The Morgan fingerprint density at radius 3 is 2.68 bits per heavy atom. The highest BCUT2D eigenvalue weighted by Crippen LogP contribution is 2.40. The number of nitrogens with one attached hydrogen (secondary N) is 3. The minimum absolute atomic E-state index is 0.0100. The van der Waals surface area contributed by atoms with E-state index in [1.54, 1.807) is 7.11 Å². The summed E-state index contributed by atoms with van der Waals surface area (Å²) in [4.78, 5) is 32.2. The Morgan fingerprint density at radius 1 is 1.21 bits per heavy atom. The first-order valence-corrected chi connectivity index (χ1v) is 12.7. The number of fused-ring (bicyclic) bond motifs is 1. The van der Waals surface area contributed by atoms with Gasteiger partial charge in [-0.3, -0.25) is 9.59 Å². The summed E-state index contributed by atoms with van der Waals surface area (Å²) in [5, 5.41) is 7.74. The number of amides is 2. The number of H-pyrrole nitrogens is 1. The van der Waals surface area contributed by atoms with Crippen molar-refractivity contribution >= 4 is 22.7 Å². The van der Waals surface area contributed by atoms with Crippen LogP contribution < -0.4 is 10.6 Å². The van der Waals surface area contributed by atoms with Crippen LogP contribution in [0.15, 0.2) is 30.5 Å². The summed E-state index contributed by atoms with van der Waals surface area (Å²) >= 11 is 0. The molecule has 0 radical (unpaired) electrons. The number of ether oxygens (including phenoxy) is 1. The third-order valence-corrected chi connectivity index (χ3v) is 7.05. The molecule has 34 heavy (non-hydrogen) atoms. The molecule has 1 saturated carbocycles. The van der Waals surface area contributed by atoms with Crippen LogP contribution in [0.4, 0.5) is 0 Å². The van der Waals surface area contributed by atoms with Crippen molar-refractivity contribution in [1.82, 2.24) is 20.5 Å². The Bertz CT molecular complexity index is 991. The number of para-hydroxylation sites is 1. The highest BCUT2D eigenvalue weighted by Gasteiger charge is 2.42. The molecule has 1 aromatic heterocycles. The first kappa shape index (κ1) is 24.7. The topological polar surface area (TPSA) is 86.5 Å². The van der Waals surface area contributed by atoms with Gasteiger partial charge in [0.1, 0.15) is 0 Å². The summed E-state index contributed by atoms with van der Waals surface area (Å²) < 4.78 is 5.35. The van der Waals surface area contributed by atoms with Gasteiger partial charge in [0.25, 0.3) is 0 Å². The second-order valence-electron chi connectivity index (χ2n) is 10.9. The molecule has 1 aromatic carbocycles. The van der Waals surface area contributed by atoms with Gasteiger partial charge in [-0.1, -0.05) is 39.0 Å². The van der Waals surface area contributed by atoms with Gasteiger partial charge in [-0.15, -0.1) is 0 Å². The lowest BCUT2D eigenvalue weighted by molar-refractivity contribution is -0.140. The Balaban J connectivity index is 1.56. The van der Waals surface area contributed by atoms with Crippen LogP contribution in [-0.4, -0.2) is 60.6 Å². The molecule has 2 aromatic rings. The average molecular weight is 469 g/mol. The van der Waals surface area contributed by atoms with E-state index in [1.807, 2.05) is 26.8 Å². The number of carbonyl (C=O) groups excluding carboxylic acids is 2. The number of benzene rings is 1. The third kappa shape index (κ3) is 5.63. The van der Waals surface area contributed by atoms with E-state index in [-0.39, 0.29) is 29.8 Å². The zero-order chi connectivity index (χ0) is 24.3. The number of hydrogen-bond acceptors (Lipinski definition) is 4. The van der Waals surface area contributed by atoms with Crippen LogP contribution in [0.2, 0.25) is 0 Å². The van der Waals surface area contributed by atoms with Gasteiger partial charge >= 0.3 is 0 Å². The fourth-order valence-electron chi connectivity index (χ4n) is 5.03. The van der Waals surface area contributed by atoms with Gasteiger partial charge in [-0.05, 0) is 43.7 Å².